The molecule has 0 spiro atoms. The van der Waals surface area contributed by atoms with Crippen LogP contribution in [0.2, 0.25) is 0 Å². The average Bonchev–Trinajstić information content (AvgIpc) is 2.67. The third-order valence-electron chi connectivity index (χ3n) is 3.90. The third kappa shape index (κ3) is 3.66. The highest BCUT2D eigenvalue weighted by molar-refractivity contribution is 5.94. The van der Waals surface area contributed by atoms with Crippen molar-refractivity contribution in [1.82, 2.24) is 15.0 Å². The van der Waals surface area contributed by atoms with Crippen LogP contribution < -0.4 is 4.90 Å². The molecule has 0 amide bonds. The van der Waals surface area contributed by atoms with Gasteiger partial charge in [-0.3, -0.25) is 4.98 Å². The molecule has 6 nitrogen and oxygen atoms in total. The lowest BCUT2D eigenvalue weighted by atomic mass is 10.1. The van der Waals surface area contributed by atoms with E-state index in [9.17, 15) is 14.3 Å². The second kappa shape index (κ2) is 7.69. The van der Waals surface area contributed by atoms with E-state index in [-0.39, 0.29) is 16.8 Å². The van der Waals surface area contributed by atoms with Gasteiger partial charge in [0.2, 0.25) is 5.95 Å². The Morgan fingerprint density at radius 1 is 1.19 bits per heavy atom. The van der Waals surface area contributed by atoms with Crippen LogP contribution in [0.1, 0.15) is 22.8 Å². The smallest absolute Gasteiger partial charge is 0.339 e. The summed E-state index contributed by atoms with van der Waals surface area (Å²) in [7, 11) is 0. The van der Waals surface area contributed by atoms with E-state index in [0.717, 1.165) is 5.56 Å². The van der Waals surface area contributed by atoms with Gasteiger partial charge in [-0.15, -0.1) is 0 Å². The van der Waals surface area contributed by atoms with E-state index < -0.39 is 11.8 Å². The fourth-order valence-electron chi connectivity index (χ4n) is 2.58. The minimum Gasteiger partial charge on any atom is -0.478 e. The van der Waals surface area contributed by atoms with E-state index in [2.05, 4.69) is 15.0 Å². The second-order valence-electron chi connectivity index (χ2n) is 5.59. The summed E-state index contributed by atoms with van der Waals surface area (Å²) in [6, 6.07) is 9.73. The van der Waals surface area contributed by atoms with Crippen LogP contribution in [0, 0.1) is 5.82 Å². The molecule has 0 aliphatic carbocycles. The van der Waals surface area contributed by atoms with E-state index in [4.69, 9.17) is 0 Å². The molecular formula is C19H17FN4O2. The van der Waals surface area contributed by atoms with Crippen molar-refractivity contribution in [1.29, 1.82) is 0 Å². The molecule has 0 radical (unpaired) electrons. The summed E-state index contributed by atoms with van der Waals surface area (Å²) >= 11 is 0. The predicted octanol–water partition coefficient (Wildman–Crippen LogP) is 3.40. The number of benzene rings is 1. The van der Waals surface area contributed by atoms with Crippen molar-refractivity contribution in [2.75, 3.05) is 11.4 Å². The number of hydrogen-bond donors (Lipinski definition) is 1. The number of carbonyl (C=O) groups is 1. The van der Waals surface area contributed by atoms with Crippen molar-refractivity contribution in [3.8, 4) is 11.3 Å². The molecule has 3 rings (SSSR count). The van der Waals surface area contributed by atoms with Crippen LogP contribution in [0.25, 0.3) is 11.3 Å². The topological polar surface area (TPSA) is 79.2 Å². The van der Waals surface area contributed by atoms with Crippen LogP contribution in [0.4, 0.5) is 10.3 Å². The maximum atomic E-state index is 14.2. The second-order valence-corrected chi connectivity index (χ2v) is 5.59. The fraction of sp³-hybridized carbons (Fsp3) is 0.158. The van der Waals surface area contributed by atoms with Gasteiger partial charge in [-0.05, 0) is 30.7 Å². The number of halogens is 1. The molecule has 1 N–H and O–H groups in total. The maximum Gasteiger partial charge on any atom is 0.339 e. The van der Waals surface area contributed by atoms with Gasteiger partial charge in [0, 0.05) is 37.2 Å². The van der Waals surface area contributed by atoms with Crippen LogP contribution in [0.15, 0.2) is 55.0 Å². The van der Waals surface area contributed by atoms with Crippen molar-refractivity contribution in [3.05, 3.63) is 71.9 Å². The summed E-state index contributed by atoms with van der Waals surface area (Å²) in [5.41, 5.74) is 1.01. The van der Waals surface area contributed by atoms with E-state index >= 15 is 0 Å². The Hall–Kier alpha value is -3.35. The first kappa shape index (κ1) is 17.5. The van der Waals surface area contributed by atoms with Gasteiger partial charge in [-0.1, -0.05) is 18.2 Å². The molecule has 7 heteroatoms. The largest absolute Gasteiger partial charge is 0.478 e. The van der Waals surface area contributed by atoms with Gasteiger partial charge in [-0.25, -0.2) is 19.2 Å². The van der Waals surface area contributed by atoms with Gasteiger partial charge >= 0.3 is 5.97 Å². The number of hydrogen-bond acceptors (Lipinski definition) is 5. The summed E-state index contributed by atoms with van der Waals surface area (Å²) in [5, 5.41) is 9.42. The monoisotopic (exact) mass is 352 g/mol. The summed E-state index contributed by atoms with van der Waals surface area (Å²) in [6.45, 7) is 3.04. The van der Waals surface area contributed by atoms with Crippen LogP contribution in [0.5, 0.6) is 0 Å². The van der Waals surface area contributed by atoms with E-state index in [1.165, 1.54) is 18.3 Å². The Morgan fingerprint density at radius 2 is 2.00 bits per heavy atom. The fourth-order valence-corrected chi connectivity index (χ4v) is 2.58. The zero-order valence-electron chi connectivity index (χ0n) is 14.1. The van der Waals surface area contributed by atoms with Crippen LogP contribution >= 0.6 is 0 Å². The first-order valence-electron chi connectivity index (χ1n) is 8.09. The summed E-state index contributed by atoms with van der Waals surface area (Å²) < 4.78 is 14.2. The molecule has 2 aromatic heterocycles. The molecule has 0 saturated carbocycles. The molecule has 0 aliphatic heterocycles. The Bertz CT molecular complexity index is 918. The van der Waals surface area contributed by atoms with Gasteiger partial charge in [0.25, 0.3) is 0 Å². The number of carboxylic acids is 1. The normalized spacial score (nSPS) is 10.5. The summed E-state index contributed by atoms with van der Waals surface area (Å²) in [5.74, 6) is -1.40. The molecule has 0 saturated heterocycles. The SMILES string of the molecule is CCN(Cc1cccnc1)c1ncc(C(=O)O)c(-c2ccccc2F)n1. The third-order valence-corrected chi connectivity index (χ3v) is 3.90. The van der Waals surface area contributed by atoms with Crippen LogP contribution in [-0.4, -0.2) is 32.6 Å². The highest BCUT2D eigenvalue weighted by Crippen LogP contribution is 2.26. The Labute approximate surface area is 150 Å². The lowest BCUT2D eigenvalue weighted by molar-refractivity contribution is 0.0697. The van der Waals surface area contributed by atoms with Crippen molar-refractivity contribution in [2.45, 2.75) is 13.5 Å². The van der Waals surface area contributed by atoms with Gasteiger partial charge in [-0.2, -0.15) is 0 Å². The van der Waals surface area contributed by atoms with E-state index in [1.807, 2.05) is 24.0 Å². The molecular weight excluding hydrogens is 335 g/mol. The molecule has 26 heavy (non-hydrogen) atoms. The zero-order valence-corrected chi connectivity index (χ0v) is 14.1. The molecule has 0 bridgehead atoms. The standard InChI is InChI=1S/C19H17FN4O2/c1-2-24(12-13-6-5-9-21-10-13)19-22-11-15(18(25)26)17(23-19)14-7-3-4-8-16(14)20/h3-11H,2,12H2,1H3,(H,25,26). The first-order chi connectivity index (χ1) is 12.6. The highest BCUT2D eigenvalue weighted by Gasteiger charge is 2.20. The number of anilines is 1. The molecule has 0 unspecified atom stereocenters. The van der Waals surface area contributed by atoms with Crippen LogP contribution in [-0.2, 0) is 6.54 Å². The molecule has 0 aliphatic rings. The summed E-state index contributed by atoms with van der Waals surface area (Å²) in [6.07, 6.45) is 4.65. The van der Waals surface area contributed by atoms with Gasteiger partial charge < -0.3 is 10.0 Å². The lowest BCUT2D eigenvalue weighted by Crippen LogP contribution is -2.25. The minimum absolute atomic E-state index is 0.0604. The predicted molar refractivity (Wildman–Crippen MR) is 95.3 cm³/mol. The van der Waals surface area contributed by atoms with Crippen molar-refractivity contribution >= 4 is 11.9 Å². The average molecular weight is 352 g/mol. The molecule has 2 heterocycles. The molecule has 0 fully saturated rings. The van der Waals surface area contributed by atoms with Gasteiger partial charge in [0.15, 0.2) is 0 Å². The minimum atomic E-state index is -1.20. The molecule has 3 aromatic rings. The van der Waals surface area contributed by atoms with E-state index in [0.29, 0.717) is 19.0 Å². The maximum absolute atomic E-state index is 14.2. The Kier molecular flexibility index (Phi) is 5.17. The zero-order chi connectivity index (χ0) is 18.5. The first-order valence-corrected chi connectivity index (χ1v) is 8.09. The number of nitrogens with zero attached hydrogens (tertiary/aromatic N) is 4. The number of aromatic carboxylic acids is 1. The van der Waals surface area contributed by atoms with Crippen molar-refractivity contribution in [2.24, 2.45) is 0 Å². The van der Waals surface area contributed by atoms with Crippen molar-refractivity contribution < 1.29 is 14.3 Å². The molecule has 1 aromatic carbocycles. The number of carboxylic acid groups (broad SMARTS) is 1. The summed E-state index contributed by atoms with van der Waals surface area (Å²) in [4.78, 5) is 26.0. The quantitative estimate of drug-likeness (QED) is 0.732. The van der Waals surface area contributed by atoms with E-state index in [1.54, 1.807) is 24.5 Å². The van der Waals surface area contributed by atoms with Gasteiger partial charge in [0.05, 0.1) is 5.69 Å². The Balaban J connectivity index is 2.04. The Morgan fingerprint density at radius 3 is 2.65 bits per heavy atom. The molecule has 132 valence electrons. The number of pyridine rings is 1. The lowest BCUT2D eigenvalue weighted by Gasteiger charge is -2.21. The number of rotatable bonds is 6. The number of aromatic nitrogens is 3. The highest BCUT2D eigenvalue weighted by atomic mass is 19.1. The van der Waals surface area contributed by atoms with Crippen molar-refractivity contribution in [3.63, 3.8) is 0 Å². The van der Waals surface area contributed by atoms with Crippen LogP contribution in [0.3, 0.4) is 0 Å². The molecule has 0 atom stereocenters. The van der Waals surface area contributed by atoms with Gasteiger partial charge in [0.1, 0.15) is 11.4 Å².